The number of fused-ring (bicyclic) bond motifs is 2. The Kier molecular flexibility index (Phi) is 2.81. The number of hydrogen-bond acceptors (Lipinski definition) is 3. The van der Waals surface area contributed by atoms with Crippen LogP contribution in [0.5, 0.6) is 0 Å². The van der Waals surface area contributed by atoms with Crippen LogP contribution in [0.1, 0.15) is 18.0 Å². The van der Waals surface area contributed by atoms with Gasteiger partial charge in [-0.3, -0.25) is 0 Å². The van der Waals surface area contributed by atoms with E-state index in [0.717, 1.165) is 19.1 Å². The molecule has 0 spiro atoms. The fourth-order valence-corrected chi connectivity index (χ4v) is 2.84. The number of hydrogen-bond donors (Lipinski definition) is 1. The van der Waals surface area contributed by atoms with Gasteiger partial charge in [0.1, 0.15) is 0 Å². The standard InChI is InChI=1S/C14H20N2O/c1-16(2)12-5-3-11(4-6-12)14-13-7-10(8-15-14)9-17-13/h3-6,10,13-15H,7-9H2,1-2H3/t10?,13-,14?/m0/s1. The minimum atomic E-state index is 0.374. The predicted molar refractivity (Wildman–Crippen MR) is 69.4 cm³/mol. The van der Waals surface area contributed by atoms with Crippen LogP contribution in [-0.2, 0) is 4.74 Å². The van der Waals surface area contributed by atoms with Gasteiger partial charge in [-0.2, -0.15) is 0 Å². The van der Waals surface area contributed by atoms with Crippen molar-refractivity contribution in [2.45, 2.75) is 18.6 Å². The maximum atomic E-state index is 5.85. The van der Waals surface area contributed by atoms with Gasteiger partial charge in [0.05, 0.1) is 18.8 Å². The Balaban J connectivity index is 1.79. The van der Waals surface area contributed by atoms with Crippen molar-refractivity contribution in [1.82, 2.24) is 5.32 Å². The van der Waals surface area contributed by atoms with E-state index in [2.05, 4.69) is 48.6 Å². The predicted octanol–water partition coefficient (Wildman–Crippen LogP) is 1.80. The molecular weight excluding hydrogens is 212 g/mol. The van der Waals surface area contributed by atoms with Crippen molar-refractivity contribution in [1.29, 1.82) is 0 Å². The Labute approximate surface area is 103 Å². The second kappa shape index (κ2) is 4.31. The van der Waals surface area contributed by atoms with Gasteiger partial charge < -0.3 is 15.0 Å². The molecule has 2 aliphatic rings. The molecule has 17 heavy (non-hydrogen) atoms. The van der Waals surface area contributed by atoms with Crippen LogP contribution in [0, 0.1) is 5.92 Å². The van der Waals surface area contributed by atoms with Crippen molar-refractivity contribution >= 4 is 5.69 Å². The van der Waals surface area contributed by atoms with Crippen molar-refractivity contribution in [3.8, 4) is 0 Å². The number of nitrogens with one attached hydrogen (secondary N) is 1. The Bertz CT molecular complexity index is 388. The fourth-order valence-electron chi connectivity index (χ4n) is 2.84. The van der Waals surface area contributed by atoms with Crippen LogP contribution in [0.15, 0.2) is 24.3 Å². The number of piperidine rings is 1. The highest BCUT2D eigenvalue weighted by Gasteiger charge is 2.37. The van der Waals surface area contributed by atoms with Gasteiger partial charge in [0.25, 0.3) is 0 Å². The molecule has 3 heteroatoms. The summed E-state index contributed by atoms with van der Waals surface area (Å²) in [6.45, 7) is 2.03. The van der Waals surface area contributed by atoms with Gasteiger partial charge in [-0.15, -0.1) is 0 Å². The fraction of sp³-hybridized carbons (Fsp3) is 0.571. The lowest BCUT2D eigenvalue weighted by Crippen LogP contribution is -2.38. The van der Waals surface area contributed by atoms with E-state index in [-0.39, 0.29) is 0 Å². The molecule has 1 aromatic rings. The first-order valence-electron chi connectivity index (χ1n) is 6.36. The summed E-state index contributed by atoms with van der Waals surface area (Å²) in [5, 5.41) is 3.61. The summed E-state index contributed by atoms with van der Waals surface area (Å²) in [5.74, 6) is 0.734. The molecular formula is C14H20N2O. The Morgan fingerprint density at radius 2 is 2.00 bits per heavy atom. The number of ether oxygens (including phenoxy) is 1. The van der Waals surface area contributed by atoms with Crippen molar-refractivity contribution in [2.24, 2.45) is 5.92 Å². The van der Waals surface area contributed by atoms with Crippen molar-refractivity contribution < 1.29 is 4.74 Å². The highest BCUT2D eigenvalue weighted by molar-refractivity contribution is 5.46. The zero-order chi connectivity index (χ0) is 11.8. The molecule has 2 fully saturated rings. The number of rotatable bonds is 2. The molecule has 1 aromatic carbocycles. The SMILES string of the molecule is CN(C)c1ccc(C2NCC3CO[C@H]2C3)cc1. The molecule has 0 aliphatic carbocycles. The van der Waals surface area contributed by atoms with E-state index < -0.39 is 0 Å². The van der Waals surface area contributed by atoms with E-state index in [1.54, 1.807) is 0 Å². The third kappa shape index (κ3) is 2.05. The second-order valence-corrected chi connectivity index (χ2v) is 5.35. The number of anilines is 1. The van der Waals surface area contributed by atoms with Gasteiger partial charge in [0.2, 0.25) is 0 Å². The van der Waals surface area contributed by atoms with Gasteiger partial charge >= 0.3 is 0 Å². The van der Waals surface area contributed by atoms with Crippen LogP contribution in [0.3, 0.4) is 0 Å². The van der Waals surface area contributed by atoms with E-state index >= 15 is 0 Å². The van der Waals surface area contributed by atoms with Crippen LogP contribution in [-0.4, -0.2) is 33.4 Å². The van der Waals surface area contributed by atoms with Crippen molar-refractivity contribution in [3.63, 3.8) is 0 Å². The van der Waals surface area contributed by atoms with Crippen LogP contribution in [0.4, 0.5) is 5.69 Å². The molecule has 92 valence electrons. The lowest BCUT2D eigenvalue weighted by Gasteiger charge is -2.29. The molecule has 0 radical (unpaired) electrons. The lowest BCUT2D eigenvalue weighted by molar-refractivity contribution is 0.0851. The third-order valence-electron chi connectivity index (χ3n) is 3.88. The van der Waals surface area contributed by atoms with Gasteiger partial charge in [0.15, 0.2) is 0 Å². The van der Waals surface area contributed by atoms with Crippen molar-refractivity contribution in [3.05, 3.63) is 29.8 Å². The van der Waals surface area contributed by atoms with Gasteiger partial charge in [-0.25, -0.2) is 0 Å². The molecule has 2 heterocycles. The summed E-state index contributed by atoms with van der Waals surface area (Å²) in [6, 6.07) is 9.17. The van der Waals surface area contributed by atoms with Gasteiger partial charge in [0, 0.05) is 26.3 Å². The summed E-state index contributed by atoms with van der Waals surface area (Å²) in [4.78, 5) is 2.13. The smallest absolute Gasteiger partial charge is 0.0773 e. The molecule has 2 aliphatic heterocycles. The maximum absolute atomic E-state index is 5.85. The molecule has 0 saturated carbocycles. The molecule has 2 saturated heterocycles. The Hall–Kier alpha value is -1.06. The van der Waals surface area contributed by atoms with E-state index in [1.807, 2.05) is 0 Å². The zero-order valence-corrected chi connectivity index (χ0v) is 10.5. The Morgan fingerprint density at radius 3 is 2.71 bits per heavy atom. The van der Waals surface area contributed by atoms with Crippen LogP contribution in [0.2, 0.25) is 0 Å². The molecule has 0 aromatic heterocycles. The molecule has 2 unspecified atom stereocenters. The van der Waals surface area contributed by atoms with Crippen molar-refractivity contribution in [2.75, 3.05) is 32.1 Å². The summed E-state index contributed by atoms with van der Waals surface area (Å²) >= 11 is 0. The topological polar surface area (TPSA) is 24.5 Å². The minimum Gasteiger partial charge on any atom is -0.378 e. The average Bonchev–Trinajstić information content (AvgIpc) is 2.72. The highest BCUT2D eigenvalue weighted by atomic mass is 16.5. The first-order valence-corrected chi connectivity index (χ1v) is 6.36. The average molecular weight is 232 g/mol. The quantitative estimate of drug-likeness (QED) is 0.841. The van der Waals surface area contributed by atoms with Crippen LogP contribution >= 0.6 is 0 Å². The summed E-state index contributed by atoms with van der Waals surface area (Å²) < 4.78 is 5.85. The van der Waals surface area contributed by atoms with Gasteiger partial charge in [-0.05, 0) is 30.0 Å². The van der Waals surface area contributed by atoms with Crippen LogP contribution in [0.25, 0.3) is 0 Å². The largest absolute Gasteiger partial charge is 0.378 e. The molecule has 3 rings (SSSR count). The number of benzene rings is 1. The summed E-state index contributed by atoms with van der Waals surface area (Å²) in [7, 11) is 4.14. The summed E-state index contributed by atoms with van der Waals surface area (Å²) in [6.07, 6.45) is 1.59. The second-order valence-electron chi connectivity index (χ2n) is 5.35. The monoisotopic (exact) mass is 232 g/mol. The molecule has 1 N–H and O–H groups in total. The third-order valence-corrected chi connectivity index (χ3v) is 3.88. The minimum absolute atomic E-state index is 0.374. The lowest BCUT2D eigenvalue weighted by atomic mass is 9.91. The highest BCUT2D eigenvalue weighted by Crippen LogP contribution is 2.34. The molecule has 3 nitrogen and oxygen atoms in total. The van der Waals surface area contributed by atoms with E-state index in [0.29, 0.717) is 12.1 Å². The van der Waals surface area contributed by atoms with E-state index in [1.165, 1.54) is 17.7 Å². The molecule has 3 atom stereocenters. The van der Waals surface area contributed by atoms with Gasteiger partial charge in [-0.1, -0.05) is 12.1 Å². The van der Waals surface area contributed by atoms with E-state index in [9.17, 15) is 0 Å². The molecule has 2 bridgehead atoms. The number of nitrogens with zero attached hydrogens (tertiary/aromatic N) is 1. The molecule has 0 amide bonds. The van der Waals surface area contributed by atoms with Crippen LogP contribution < -0.4 is 10.2 Å². The normalized spacial score (nSPS) is 31.5. The summed E-state index contributed by atoms with van der Waals surface area (Å²) in [5.41, 5.74) is 2.59. The Morgan fingerprint density at radius 1 is 1.24 bits per heavy atom. The maximum Gasteiger partial charge on any atom is 0.0773 e. The zero-order valence-electron chi connectivity index (χ0n) is 10.5. The first-order chi connectivity index (χ1) is 8.24. The van der Waals surface area contributed by atoms with E-state index in [4.69, 9.17) is 4.74 Å². The first kappa shape index (κ1) is 11.1.